The topological polar surface area (TPSA) is 72.2 Å². The Kier molecular flexibility index (Phi) is 4.01. The number of hydrogen-bond acceptors (Lipinski definition) is 3. The molecule has 106 valence electrons. The fourth-order valence-corrected chi connectivity index (χ4v) is 3.64. The minimum atomic E-state index is -3.86. The van der Waals surface area contributed by atoms with Crippen LogP contribution < -0.4 is 10.5 Å². The molecule has 20 heavy (non-hydrogen) atoms. The van der Waals surface area contributed by atoms with E-state index < -0.39 is 15.8 Å². The highest BCUT2D eigenvalue weighted by Gasteiger charge is 2.18. The first-order valence-corrected chi connectivity index (χ1v) is 7.91. The molecule has 0 aliphatic heterocycles. The van der Waals surface area contributed by atoms with Crippen LogP contribution in [0, 0.1) is 12.7 Å². The molecule has 0 aliphatic rings. The van der Waals surface area contributed by atoms with Gasteiger partial charge in [-0.15, -0.1) is 0 Å². The van der Waals surface area contributed by atoms with Gasteiger partial charge in [0.25, 0.3) is 10.0 Å². The van der Waals surface area contributed by atoms with Gasteiger partial charge in [-0.05, 0) is 58.7 Å². The van der Waals surface area contributed by atoms with Crippen LogP contribution in [0.1, 0.15) is 5.56 Å². The number of halogens is 2. The molecule has 3 N–H and O–H groups in total. The van der Waals surface area contributed by atoms with Crippen molar-refractivity contribution in [3.05, 3.63) is 52.3 Å². The molecule has 0 heterocycles. The van der Waals surface area contributed by atoms with Crippen molar-refractivity contribution in [1.82, 2.24) is 0 Å². The molecule has 0 amide bonds. The van der Waals surface area contributed by atoms with Crippen molar-refractivity contribution >= 4 is 37.3 Å². The molecule has 0 saturated carbocycles. The zero-order valence-corrected chi connectivity index (χ0v) is 12.9. The first-order valence-electron chi connectivity index (χ1n) is 5.63. The molecule has 0 saturated heterocycles. The van der Waals surface area contributed by atoms with E-state index >= 15 is 0 Å². The Bertz CT molecular complexity index is 763. The number of nitrogens with two attached hydrogens (primary N) is 1. The molecule has 0 bridgehead atoms. The molecule has 4 nitrogen and oxygen atoms in total. The lowest BCUT2D eigenvalue weighted by Gasteiger charge is -2.12. The zero-order chi connectivity index (χ0) is 14.9. The molecule has 2 rings (SSSR count). The van der Waals surface area contributed by atoms with Crippen molar-refractivity contribution in [2.45, 2.75) is 11.8 Å². The maximum atomic E-state index is 13.2. The molecule has 0 aliphatic carbocycles. The van der Waals surface area contributed by atoms with E-state index in [4.69, 9.17) is 5.73 Å². The molecule has 0 radical (unpaired) electrons. The minimum absolute atomic E-state index is 0.0961. The predicted octanol–water partition coefficient (Wildman–Crippen LogP) is 3.28. The van der Waals surface area contributed by atoms with E-state index in [1.807, 2.05) is 0 Å². The van der Waals surface area contributed by atoms with Crippen LogP contribution in [-0.4, -0.2) is 8.42 Å². The van der Waals surface area contributed by atoms with E-state index in [2.05, 4.69) is 20.7 Å². The summed E-state index contributed by atoms with van der Waals surface area (Å²) in [7, 11) is -3.86. The Morgan fingerprint density at radius 2 is 1.90 bits per heavy atom. The van der Waals surface area contributed by atoms with Crippen LogP contribution in [0.25, 0.3) is 0 Å². The number of hydrogen-bond donors (Lipinski definition) is 2. The summed E-state index contributed by atoms with van der Waals surface area (Å²) < 4.78 is 40.7. The second-order valence-corrected chi connectivity index (χ2v) is 6.76. The predicted molar refractivity (Wildman–Crippen MR) is 80.5 cm³/mol. The first kappa shape index (κ1) is 14.8. The number of rotatable bonds is 3. The zero-order valence-electron chi connectivity index (χ0n) is 10.5. The molecule has 0 spiro atoms. The van der Waals surface area contributed by atoms with Crippen molar-refractivity contribution in [3.63, 3.8) is 0 Å². The molecule has 2 aromatic rings. The Balaban J connectivity index is 2.43. The van der Waals surface area contributed by atoms with E-state index in [1.54, 1.807) is 19.1 Å². The number of anilines is 2. The van der Waals surface area contributed by atoms with E-state index in [-0.39, 0.29) is 4.90 Å². The summed E-state index contributed by atoms with van der Waals surface area (Å²) in [5.41, 5.74) is 6.89. The van der Waals surface area contributed by atoms with Crippen molar-refractivity contribution < 1.29 is 12.8 Å². The summed E-state index contributed by atoms with van der Waals surface area (Å²) in [6.07, 6.45) is 0. The van der Waals surface area contributed by atoms with Gasteiger partial charge in [0.1, 0.15) is 5.82 Å². The number of nitrogens with one attached hydrogen (secondary N) is 1. The second-order valence-electron chi connectivity index (χ2n) is 4.25. The number of benzene rings is 2. The SMILES string of the molecule is Cc1ccc(F)cc1S(=O)(=O)Nc1ccc(N)cc1Br. The molecular formula is C13H12BrFN2O2S. The largest absolute Gasteiger partial charge is 0.399 e. The van der Waals surface area contributed by atoms with Crippen molar-refractivity contribution in [2.75, 3.05) is 10.5 Å². The Labute approximate surface area is 125 Å². The fraction of sp³-hybridized carbons (Fsp3) is 0.0769. The van der Waals surface area contributed by atoms with Gasteiger partial charge in [-0.3, -0.25) is 4.72 Å². The molecule has 0 unspecified atom stereocenters. The molecule has 0 fully saturated rings. The molecular weight excluding hydrogens is 347 g/mol. The van der Waals surface area contributed by atoms with Crippen LogP contribution in [-0.2, 0) is 10.0 Å². The minimum Gasteiger partial charge on any atom is -0.399 e. The monoisotopic (exact) mass is 358 g/mol. The van der Waals surface area contributed by atoms with Crippen molar-refractivity contribution in [1.29, 1.82) is 0 Å². The van der Waals surface area contributed by atoms with Crippen LogP contribution in [0.5, 0.6) is 0 Å². The van der Waals surface area contributed by atoms with Gasteiger partial charge in [0.2, 0.25) is 0 Å². The second kappa shape index (κ2) is 5.41. The molecule has 0 atom stereocenters. The van der Waals surface area contributed by atoms with Crippen LogP contribution in [0.3, 0.4) is 0 Å². The highest BCUT2D eigenvalue weighted by Crippen LogP contribution is 2.28. The highest BCUT2D eigenvalue weighted by molar-refractivity contribution is 9.10. The lowest BCUT2D eigenvalue weighted by molar-refractivity contribution is 0.594. The Morgan fingerprint density at radius 3 is 2.55 bits per heavy atom. The summed E-state index contributed by atoms with van der Waals surface area (Å²) in [5.74, 6) is -0.604. The van der Waals surface area contributed by atoms with Gasteiger partial charge in [-0.2, -0.15) is 0 Å². The van der Waals surface area contributed by atoms with Gasteiger partial charge in [-0.25, -0.2) is 12.8 Å². The highest BCUT2D eigenvalue weighted by atomic mass is 79.9. The average molecular weight is 359 g/mol. The third kappa shape index (κ3) is 3.10. The maximum absolute atomic E-state index is 13.2. The summed E-state index contributed by atoms with van der Waals surface area (Å²) >= 11 is 3.22. The molecule has 7 heteroatoms. The molecule has 0 aromatic heterocycles. The van der Waals surface area contributed by atoms with E-state index in [9.17, 15) is 12.8 Å². The van der Waals surface area contributed by atoms with Crippen molar-refractivity contribution in [2.24, 2.45) is 0 Å². The quantitative estimate of drug-likeness (QED) is 0.827. The van der Waals surface area contributed by atoms with Crippen molar-refractivity contribution in [3.8, 4) is 0 Å². The standard InChI is InChI=1S/C13H12BrFN2O2S/c1-8-2-3-9(15)6-13(8)20(18,19)17-12-5-4-10(16)7-11(12)14/h2-7,17H,16H2,1H3. The van der Waals surface area contributed by atoms with E-state index in [0.717, 1.165) is 6.07 Å². The summed E-state index contributed by atoms with van der Waals surface area (Å²) in [4.78, 5) is -0.0961. The lowest BCUT2D eigenvalue weighted by Crippen LogP contribution is -2.15. The van der Waals surface area contributed by atoms with Gasteiger partial charge in [0.15, 0.2) is 0 Å². The number of aryl methyl sites for hydroxylation is 1. The normalized spacial score (nSPS) is 11.3. The number of nitrogen functional groups attached to an aromatic ring is 1. The smallest absolute Gasteiger partial charge is 0.262 e. The average Bonchev–Trinajstić information content (AvgIpc) is 2.35. The van der Waals surface area contributed by atoms with Crippen LogP contribution >= 0.6 is 15.9 Å². The first-order chi connectivity index (χ1) is 9.29. The summed E-state index contributed by atoms with van der Waals surface area (Å²) in [5, 5.41) is 0. The van der Waals surface area contributed by atoms with Gasteiger partial charge >= 0.3 is 0 Å². The van der Waals surface area contributed by atoms with Gasteiger partial charge in [0.05, 0.1) is 10.6 Å². The Morgan fingerprint density at radius 1 is 1.20 bits per heavy atom. The van der Waals surface area contributed by atoms with Gasteiger partial charge in [0, 0.05) is 10.2 Å². The lowest BCUT2D eigenvalue weighted by atomic mass is 10.2. The fourth-order valence-electron chi connectivity index (χ4n) is 1.68. The van der Waals surface area contributed by atoms with Gasteiger partial charge in [-0.1, -0.05) is 6.07 Å². The van der Waals surface area contributed by atoms with E-state index in [1.165, 1.54) is 18.2 Å². The third-order valence-electron chi connectivity index (χ3n) is 2.68. The van der Waals surface area contributed by atoms with Crippen LogP contribution in [0.15, 0.2) is 45.8 Å². The van der Waals surface area contributed by atoms with Gasteiger partial charge < -0.3 is 5.73 Å². The summed E-state index contributed by atoms with van der Waals surface area (Å²) in [6.45, 7) is 1.60. The van der Waals surface area contributed by atoms with Crippen LogP contribution in [0.2, 0.25) is 0 Å². The summed E-state index contributed by atoms with van der Waals surface area (Å²) in [6, 6.07) is 8.31. The Hall–Kier alpha value is -1.60. The maximum Gasteiger partial charge on any atom is 0.262 e. The van der Waals surface area contributed by atoms with Crippen LogP contribution in [0.4, 0.5) is 15.8 Å². The third-order valence-corrected chi connectivity index (χ3v) is 4.84. The number of sulfonamides is 1. The molecule has 2 aromatic carbocycles. The van der Waals surface area contributed by atoms with E-state index in [0.29, 0.717) is 21.4 Å².